The number of furan rings is 1. The molecular formula is C55H37NO. The Bertz CT molecular complexity index is 2910. The van der Waals surface area contributed by atoms with Crippen LogP contribution in [0, 0.1) is 0 Å². The SMILES string of the molecule is c1ccc(-c2ccc(N(c3ccc(-c4ccccc4)cc3)c3ccc(C4(c5ccccc5)c5ccccc5-c5ccccc54)c4oc5ccccc5c34)cc2)cc1. The molecule has 268 valence electrons. The summed E-state index contributed by atoms with van der Waals surface area (Å²) in [5, 5.41) is 2.17. The van der Waals surface area contributed by atoms with Crippen LogP contribution in [0.3, 0.4) is 0 Å². The molecule has 0 aliphatic heterocycles. The zero-order valence-electron chi connectivity index (χ0n) is 31.2. The zero-order chi connectivity index (χ0) is 37.8. The predicted octanol–water partition coefficient (Wildman–Crippen LogP) is 14.8. The Balaban J connectivity index is 1.19. The minimum Gasteiger partial charge on any atom is -0.456 e. The first-order chi connectivity index (χ1) is 28.3. The van der Waals surface area contributed by atoms with E-state index in [4.69, 9.17) is 4.42 Å². The molecule has 0 amide bonds. The highest BCUT2D eigenvalue weighted by Crippen LogP contribution is 2.58. The fourth-order valence-corrected chi connectivity index (χ4v) is 9.27. The first-order valence-electron chi connectivity index (χ1n) is 19.6. The molecule has 2 heteroatoms. The van der Waals surface area contributed by atoms with Gasteiger partial charge >= 0.3 is 0 Å². The first kappa shape index (κ1) is 33.0. The van der Waals surface area contributed by atoms with Crippen molar-refractivity contribution in [3.8, 4) is 33.4 Å². The Morgan fingerprint density at radius 1 is 0.351 bits per heavy atom. The van der Waals surface area contributed by atoms with Crippen molar-refractivity contribution >= 4 is 39.0 Å². The van der Waals surface area contributed by atoms with E-state index >= 15 is 0 Å². The number of fused-ring (bicyclic) bond motifs is 6. The topological polar surface area (TPSA) is 16.4 Å². The molecular weight excluding hydrogens is 691 g/mol. The summed E-state index contributed by atoms with van der Waals surface area (Å²) in [6.45, 7) is 0. The summed E-state index contributed by atoms with van der Waals surface area (Å²) in [5.41, 5.74) is 16.4. The van der Waals surface area contributed by atoms with Crippen LogP contribution in [0.25, 0.3) is 55.3 Å². The smallest absolute Gasteiger partial charge is 0.142 e. The summed E-state index contributed by atoms with van der Waals surface area (Å²) in [5.74, 6) is 0. The van der Waals surface area contributed by atoms with Gasteiger partial charge in [-0.2, -0.15) is 0 Å². The van der Waals surface area contributed by atoms with Crippen molar-refractivity contribution in [2.45, 2.75) is 5.41 Å². The number of hydrogen-bond acceptors (Lipinski definition) is 2. The number of nitrogens with zero attached hydrogens (tertiary/aromatic N) is 1. The molecule has 0 fully saturated rings. The van der Waals surface area contributed by atoms with E-state index in [1.54, 1.807) is 0 Å². The van der Waals surface area contributed by atoms with Gasteiger partial charge in [-0.3, -0.25) is 0 Å². The molecule has 0 radical (unpaired) electrons. The van der Waals surface area contributed by atoms with Crippen LogP contribution in [0.15, 0.2) is 229 Å². The van der Waals surface area contributed by atoms with Gasteiger partial charge in [0.2, 0.25) is 0 Å². The van der Waals surface area contributed by atoms with E-state index in [-0.39, 0.29) is 0 Å². The molecule has 0 saturated carbocycles. The standard InChI is InChI=1S/C55H37NO/c1-4-16-38(17-5-1)40-28-32-43(33-29-40)56(44-34-30-41(31-35-44)39-18-6-2-7-19-39)51-37-36-50(54-53(51)47-24-12-15-27-52(47)57-54)55(42-20-8-3-9-21-42)48-25-13-10-22-45(48)46-23-11-14-26-49(46)55/h1-37H. The summed E-state index contributed by atoms with van der Waals surface area (Å²) >= 11 is 0. The zero-order valence-corrected chi connectivity index (χ0v) is 31.2. The van der Waals surface area contributed by atoms with Crippen molar-refractivity contribution in [1.29, 1.82) is 0 Å². The van der Waals surface area contributed by atoms with Crippen LogP contribution < -0.4 is 4.90 Å². The number of rotatable bonds is 7. The summed E-state index contributed by atoms with van der Waals surface area (Å²) in [4.78, 5) is 2.39. The molecule has 0 bridgehead atoms. The maximum Gasteiger partial charge on any atom is 0.142 e. The fraction of sp³-hybridized carbons (Fsp3) is 0.0182. The maximum atomic E-state index is 7.16. The van der Waals surface area contributed by atoms with Crippen LogP contribution in [0.4, 0.5) is 17.1 Å². The number of benzene rings is 9. The highest BCUT2D eigenvalue weighted by molar-refractivity contribution is 6.15. The van der Waals surface area contributed by atoms with Gasteiger partial charge in [0.05, 0.1) is 16.5 Å². The van der Waals surface area contributed by atoms with Gasteiger partial charge in [0.25, 0.3) is 0 Å². The molecule has 9 aromatic carbocycles. The third-order valence-corrected chi connectivity index (χ3v) is 11.8. The van der Waals surface area contributed by atoms with Crippen LogP contribution in [0.2, 0.25) is 0 Å². The maximum absolute atomic E-state index is 7.16. The Morgan fingerprint density at radius 2 is 0.807 bits per heavy atom. The summed E-state index contributed by atoms with van der Waals surface area (Å²) < 4.78 is 7.16. The van der Waals surface area contributed by atoms with Crippen molar-refractivity contribution in [2.24, 2.45) is 0 Å². The number of anilines is 3. The second-order valence-electron chi connectivity index (χ2n) is 14.8. The second-order valence-corrected chi connectivity index (χ2v) is 14.8. The van der Waals surface area contributed by atoms with E-state index in [0.29, 0.717) is 0 Å². The predicted molar refractivity (Wildman–Crippen MR) is 237 cm³/mol. The van der Waals surface area contributed by atoms with Crippen LogP contribution in [-0.4, -0.2) is 0 Å². The van der Waals surface area contributed by atoms with Crippen molar-refractivity contribution < 1.29 is 4.42 Å². The van der Waals surface area contributed by atoms with Crippen LogP contribution in [-0.2, 0) is 5.41 Å². The Kier molecular flexibility index (Phi) is 7.75. The lowest BCUT2D eigenvalue weighted by molar-refractivity contribution is 0.648. The van der Waals surface area contributed by atoms with Crippen LogP contribution in [0.5, 0.6) is 0 Å². The fourth-order valence-electron chi connectivity index (χ4n) is 9.27. The van der Waals surface area contributed by atoms with Gasteiger partial charge in [0.1, 0.15) is 11.2 Å². The minimum absolute atomic E-state index is 0.613. The molecule has 1 aromatic heterocycles. The first-order valence-corrected chi connectivity index (χ1v) is 19.6. The Hall–Kier alpha value is -7.42. The molecule has 0 N–H and O–H groups in total. The van der Waals surface area contributed by atoms with Gasteiger partial charge in [-0.25, -0.2) is 0 Å². The molecule has 1 heterocycles. The van der Waals surface area contributed by atoms with E-state index in [9.17, 15) is 0 Å². The van der Waals surface area contributed by atoms with Gasteiger partial charge < -0.3 is 9.32 Å². The molecule has 0 saturated heterocycles. The largest absolute Gasteiger partial charge is 0.456 e. The molecule has 0 unspecified atom stereocenters. The summed E-state index contributed by atoms with van der Waals surface area (Å²) in [6.07, 6.45) is 0. The minimum atomic E-state index is -0.613. The van der Waals surface area contributed by atoms with Gasteiger partial charge in [-0.1, -0.05) is 188 Å². The van der Waals surface area contributed by atoms with E-state index in [0.717, 1.165) is 44.6 Å². The summed E-state index contributed by atoms with van der Waals surface area (Å²) in [7, 11) is 0. The lowest BCUT2D eigenvalue weighted by Gasteiger charge is -2.34. The molecule has 11 rings (SSSR count). The van der Waals surface area contributed by atoms with Gasteiger partial charge in [0, 0.05) is 22.3 Å². The van der Waals surface area contributed by atoms with Crippen molar-refractivity contribution in [3.05, 3.63) is 247 Å². The molecule has 0 spiro atoms. The molecule has 2 nitrogen and oxygen atoms in total. The number of hydrogen-bond donors (Lipinski definition) is 0. The highest BCUT2D eigenvalue weighted by atomic mass is 16.3. The normalized spacial score (nSPS) is 12.7. The van der Waals surface area contributed by atoms with Gasteiger partial charge in [-0.05, 0) is 86.5 Å². The van der Waals surface area contributed by atoms with Gasteiger partial charge in [-0.15, -0.1) is 0 Å². The van der Waals surface area contributed by atoms with E-state index in [2.05, 4.69) is 229 Å². The molecule has 0 atom stereocenters. The van der Waals surface area contributed by atoms with Crippen LogP contribution in [0.1, 0.15) is 22.3 Å². The lowest BCUT2D eigenvalue weighted by atomic mass is 9.67. The second kappa shape index (κ2) is 13.4. The van der Waals surface area contributed by atoms with Crippen LogP contribution >= 0.6 is 0 Å². The Morgan fingerprint density at radius 3 is 1.37 bits per heavy atom. The molecule has 57 heavy (non-hydrogen) atoms. The average molecular weight is 728 g/mol. The van der Waals surface area contributed by atoms with Crippen molar-refractivity contribution in [2.75, 3.05) is 4.90 Å². The summed E-state index contributed by atoms with van der Waals surface area (Å²) in [6, 6.07) is 80.9. The molecule has 1 aliphatic carbocycles. The van der Waals surface area contributed by atoms with E-state index in [1.807, 2.05) is 0 Å². The van der Waals surface area contributed by atoms with E-state index in [1.165, 1.54) is 50.1 Å². The monoisotopic (exact) mass is 727 g/mol. The number of para-hydroxylation sites is 1. The molecule has 1 aliphatic rings. The van der Waals surface area contributed by atoms with Gasteiger partial charge in [0.15, 0.2) is 0 Å². The highest BCUT2D eigenvalue weighted by Gasteiger charge is 2.47. The quantitative estimate of drug-likeness (QED) is 0.163. The van der Waals surface area contributed by atoms with E-state index < -0.39 is 5.41 Å². The third kappa shape index (κ3) is 5.18. The van der Waals surface area contributed by atoms with Crippen molar-refractivity contribution in [1.82, 2.24) is 0 Å². The average Bonchev–Trinajstić information content (AvgIpc) is 3.83. The lowest BCUT2D eigenvalue weighted by Crippen LogP contribution is -2.29. The van der Waals surface area contributed by atoms with Crippen molar-refractivity contribution in [3.63, 3.8) is 0 Å². The Labute approximate surface area is 332 Å². The third-order valence-electron chi connectivity index (χ3n) is 11.8. The molecule has 10 aromatic rings.